The van der Waals surface area contributed by atoms with Crippen LogP contribution in [0.5, 0.6) is 0 Å². The van der Waals surface area contributed by atoms with Crippen molar-refractivity contribution in [3.05, 3.63) is 68.5 Å². The topological polar surface area (TPSA) is 12.0 Å². The predicted octanol–water partition coefficient (Wildman–Crippen LogP) is 5.02. The van der Waals surface area contributed by atoms with Crippen LogP contribution in [0.1, 0.15) is 36.1 Å². The van der Waals surface area contributed by atoms with Crippen LogP contribution in [0.2, 0.25) is 0 Å². The van der Waals surface area contributed by atoms with Crippen molar-refractivity contribution >= 4 is 22.6 Å². The first kappa shape index (κ1) is 16.4. The summed E-state index contributed by atoms with van der Waals surface area (Å²) in [5, 5.41) is 3.62. The second kappa shape index (κ2) is 7.90. The lowest BCUT2D eigenvalue weighted by molar-refractivity contribution is 0.526. The van der Waals surface area contributed by atoms with Gasteiger partial charge in [-0.05, 0) is 77.7 Å². The van der Waals surface area contributed by atoms with Gasteiger partial charge in [-0.1, -0.05) is 37.3 Å². The van der Waals surface area contributed by atoms with Gasteiger partial charge in [0, 0.05) is 9.61 Å². The number of benzene rings is 2. The zero-order valence-electron chi connectivity index (χ0n) is 12.5. The summed E-state index contributed by atoms with van der Waals surface area (Å²) in [5.41, 5.74) is 3.78. The van der Waals surface area contributed by atoms with Crippen molar-refractivity contribution in [3.63, 3.8) is 0 Å². The lowest BCUT2D eigenvalue weighted by Crippen LogP contribution is -2.25. The molecule has 3 heteroatoms. The number of nitrogens with one attached hydrogen (secondary N) is 1. The Kier molecular flexibility index (Phi) is 6.18. The maximum Gasteiger partial charge on any atom is 0.123 e. The highest BCUT2D eigenvalue weighted by molar-refractivity contribution is 14.1. The van der Waals surface area contributed by atoms with Crippen molar-refractivity contribution in [3.8, 4) is 0 Å². The summed E-state index contributed by atoms with van der Waals surface area (Å²) in [6.07, 6.45) is 1.97. The van der Waals surface area contributed by atoms with E-state index in [1.165, 1.54) is 26.8 Å². The Morgan fingerprint density at radius 1 is 1.14 bits per heavy atom. The van der Waals surface area contributed by atoms with E-state index >= 15 is 0 Å². The first-order chi connectivity index (χ1) is 10.1. The van der Waals surface area contributed by atoms with E-state index in [-0.39, 0.29) is 11.9 Å². The highest BCUT2D eigenvalue weighted by atomic mass is 127. The lowest BCUT2D eigenvalue weighted by atomic mass is 9.97. The molecule has 112 valence electrons. The van der Waals surface area contributed by atoms with E-state index < -0.39 is 0 Å². The molecule has 1 unspecified atom stereocenters. The minimum absolute atomic E-state index is 0.179. The van der Waals surface area contributed by atoms with Crippen LogP contribution in [0.25, 0.3) is 0 Å². The zero-order chi connectivity index (χ0) is 15.2. The van der Waals surface area contributed by atoms with Crippen molar-refractivity contribution < 1.29 is 4.39 Å². The summed E-state index contributed by atoms with van der Waals surface area (Å²) in [4.78, 5) is 0. The van der Waals surface area contributed by atoms with E-state index in [0.29, 0.717) is 0 Å². The van der Waals surface area contributed by atoms with Crippen LogP contribution in [0.4, 0.5) is 4.39 Å². The highest BCUT2D eigenvalue weighted by Gasteiger charge is 2.15. The van der Waals surface area contributed by atoms with Gasteiger partial charge in [-0.3, -0.25) is 0 Å². The standard InChI is InChI=1S/C18H21FIN/c1-3-11-21-17(12-14-7-9-15(19)10-8-14)16-6-4-5-13(2)18(16)20/h4-10,17,21H,3,11-12H2,1-2H3. The number of hydrogen-bond donors (Lipinski definition) is 1. The molecule has 1 atom stereocenters. The first-order valence-corrected chi connectivity index (χ1v) is 8.42. The minimum atomic E-state index is -0.179. The fraction of sp³-hybridized carbons (Fsp3) is 0.333. The minimum Gasteiger partial charge on any atom is -0.310 e. The van der Waals surface area contributed by atoms with Crippen molar-refractivity contribution in [1.29, 1.82) is 0 Å². The van der Waals surface area contributed by atoms with Crippen molar-refractivity contribution in [1.82, 2.24) is 5.32 Å². The number of aryl methyl sites for hydroxylation is 1. The third-order valence-corrected chi connectivity index (χ3v) is 5.06. The van der Waals surface area contributed by atoms with Crippen LogP contribution in [-0.4, -0.2) is 6.54 Å². The normalized spacial score (nSPS) is 12.4. The fourth-order valence-corrected chi connectivity index (χ4v) is 3.14. The molecule has 0 aromatic heterocycles. The van der Waals surface area contributed by atoms with Gasteiger partial charge in [0.1, 0.15) is 5.82 Å². The van der Waals surface area contributed by atoms with Crippen molar-refractivity contribution in [2.24, 2.45) is 0 Å². The Labute approximate surface area is 140 Å². The van der Waals surface area contributed by atoms with Gasteiger partial charge in [-0.25, -0.2) is 4.39 Å². The van der Waals surface area contributed by atoms with Gasteiger partial charge in [0.15, 0.2) is 0 Å². The second-order valence-electron chi connectivity index (χ2n) is 5.32. The number of halogens is 2. The molecule has 0 bridgehead atoms. The molecular weight excluding hydrogens is 376 g/mol. The van der Waals surface area contributed by atoms with Gasteiger partial charge in [-0.2, -0.15) is 0 Å². The van der Waals surface area contributed by atoms with Gasteiger partial charge < -0.3 is 5.32 Å². The van der Waals surface area contributed by atoms with E-state index in [9.17, 15) is 4.39 Å². The Balaban J connectivity index is 2.25. The number of rotatable bonds is 6. The number of hydrogen-bond acceptors (Lipinski definition) is 1. The van der Waals surface area contributed by atoms with Gasteiger partial charge in [0.2, 0.25) is 0 Å². The molecule has 2 rings (SSSR count). The molecule has 0 fully saturated rings. The Hall–Kier alpha value is -0.940. The molecule has 2 aromatic rings. The SMILES string of the molecule is CCCNC(Cc1ccc(F)cc1)c1cccc(C)c1I. The Morgan fingerprint density at radius 3 is 2.52 bits per heavy atom. The van der Waals surface area contributed by atoms with Crippen molar-refractivity contribution in [2.45, 2.75) is 32.7 Å². The van der Waals surface area contributed by atoms with Crippen LogP contribution in [0, 0.1) is 16.3 Å². The summed E-state index contributed by atoms with van der Waals surface area (Å²) in [5.74, 6) is -0.179. The van der Waals surface area contributed by atoms with Crippen LogP contribution in [0.3, 0.4) is 0 Å². The van der Waals surface area contributed by atoms with E-state index in [1.54, 1.807) is 0 Å². The van der Waals surface area contributed by atoms with E-state index in [0.717, 1.165) is 24.9 Å². The molecular formula is C18H21FIN. The van der Waals surface area contributed by atoms with E-state index in [1.807, 2.05) is 12.1 Å². The molecule has 0 saturated heterocycles. The molecule has 0 spiro atoms. The summed E-state index contributed by atoms with van der Waals surface area (Å²) in [7, 11) is 0. The molecule has 21 heavy (non-hydrogen) atoms. The highest BCUT2D eigenvalue weighted by Crippen LogP contribution is 2.26. The molecule has 2 aromatic carbocycles. The molecule has 0 aliphatic heterocycles. The molecule has 0 radical (unpaired) electrons. The maximum absolute atomic E-state index is 13.0. The Bertz CT molecular complexity index is 580. The molecule has 1 nitrogen and oxygen atoms in total. The quantitative estimate of drug-likeness (QED) is 0.675. The molecule has 0 saturated carbocycles. The van der Waals surface area contributed by atoms with Gasteiger partial charge in [0.25, 0.3) is 0 Å². The van der Waals surface area contributed by atoms with E-state index in [4.69, 9.17) is 0 Å². The Morgan fingerprint density at radius 2 is 1.86 bits per heavy atom. The summed E-state index contributed by atoms with van der Waals surface area (Å²) in [6.45, 7) is 5.29. The summed E-state index contributed by atoms with van der Waals surface area (Å²) in [6, 6.07) is 13.5. The van der Waals surface area contributed by atoms with Gasteiger partial charge in [-0.15, -0.1) is 0 Å². The molecule has 0 heterocycles. The largest absolute Gasteiger partial charge is 0.310 e. The summed E-state index contributed by atoms with van der Waals surface area (Å²) >= 11 is 2.42. The molecule has 1 N–H and O–H groups in total. The zero-order valence-corrected chi connectivity index (χ0v) is 14.7. The average molecular weight is 397 g/mol. The average Bonchev–Trinajstić information content (AvgIpc) is 2.48. The van der Waals surface area contributed by atoms with Crippen LogP contribution >= 0.6 is 22.6 Å². The second-order valence-corrected chi connectivity index (χ2v) is 6.39. The maximum atomic E-state index is 13.0. The van der Waals surface area contributed by atoms with Crippen molar-refractivity contribution in [2.75, 3.05) is 6.54 Å². The van der Waals surface area contributed by atoms with E-state index in [2.05, 4.69) is 60.0 Å². The smallest absolute Gasteiger partial charge is 0.123 e. The summed E-state index contributed by atoms with van der Waals surface area (Å²) < 4.78 is 14.4. The molecule has 0 aliphatic rings. The van der Waals surface area contributed by atoms with Gasteiger partial charge >= 0.3 is 0 Å². The lowest BCUT2D eigenvalue weighted by Gasteiger charge is -2.21. The monoisotopic (exact) mass is 397 g/mol. The van der Waals surface area contributed by atoms with Gasteiger partial charge in [0.05, 0.1) is 0 Å². The fourth-order valence-electron chi connectivity index (χ4n) is 2.41. The van der Waals surface area contributed by atoms with Crippen LogP contribution in [-0.2, 0) is 6.42 Å². The molecule has 0 amide bonds. The van der Waals surface area contributed by atoms with Crippen LogP contribution in [0.15, 0.2) is 42.5 Å². The third-order valence-electron chi connectivity index (χ3n) is 3.59. The first-order valence-electron chi connectivity index (χ1n) is 7.34. The molecule has 0 aliphatic carbocycles. The van der Waals surface area contributed by atoms with Crippen LogP contribution < -0.4 is 5.32 Å². The third kappa shape index (κ3) is 4.51. The predicted molar refractivity (Wildman–Crippen MR) is 95.0 cm³/mol.